The second-order valence-corrected chi connectivity index (χ2v) is 6.87. The van der Waals surface area contributed by atoms with Crippen LogP contribution in [0, 0.1) is 0 Å². The summed E-state index contributed by atoms with van der Waals surface area (Å²) in [4.78, 5) is 4.60. The fourth-order valence-corrected chi connectivity index (χ4v) is 3.52. The number of para-hydroxylation sites is 1. The Balaban J connectivity index is 1.53. The van der Waals surface area contributed by atoms with Crippen LogP contribution in [0.3, 0.4) is 0 Å². The molecule has 0 radical (unpaired) electrons. The largest absolute Gasteiger partial charge is 0.453 e. The quantitative estimate of drug-likeness (QED) is 0.582. The lowest BCUT2D eigenvalue weighted by atomic mass is 10.2. The lowest BCUT2D eigenvalue weighted by molar-refractivity contribution is -0.146. The minimum absolute atomic E-state index is 0.0436. The van der Waals surface area contributed by atoms with Gasteiger partial charge in [-0.15, -0.1) is 26.6 Å². The van der Waals surface area contributed by atoms with E-state index in [0.29, 0.717) is 16.9 Å². The average Bonchev–Trinajstić information content (AvgIpc) is 3.22. The first kappa shape index (κ1) is 16.7. The molecule has 4 rings (SSSR count). The summed E-state index contributed by atoms with van der Waals surface area (Å²) in [6, 6.07) is 10.9. The number of hydrogen-bond donors (Lipinski definition) is 1. The average molecular weight is 378 g/mol. The van der Waals surface area contributed by atoms with Crippen LogP contribution < -0.4 is 5.32 Å². The molecule has 1 N–H and O–H groups in total. The Morgan fingerprint density at radius 2 is 1.96 bits per heavy atom. The van der Waals surface area contributed by atoms with Crippen LogP contribution in [0.2, 0.25) is 0 Å². The number of hydrogen-bond acceptors (Lipinski definition) is 6. The number of alkyl halides is 3. The van der Waals surface area contributed by atoms with Gasteiger partial charge in [0.25, 0.3) is 5.82 Å². The van der Waals surface area contributed by atoms with Crippen molar-refractivity contribution in [2.24, 2.45) is 0 Å². The smallest absolute Gasteiger partial charge is 0.368 e. The summed E-state index contributed by atoms with van der Waals surface area (Å²) in [6.07, 6.45) is -4.61. The molecule has 4 aromatic rings. The Bertz CT molecular complexity index is 1040. The number of anilines is 1. The van der Waals surface area contributed by atoms with Crippen molar-refractivity contribution in [1.82, 2.24) is 24.8 Å². The first-order chi connectivity index (χ1) is 12.4. The van der Waals surface area contributed by atoms with E-state index in [2.05, 4.69) is 25.6 Å². The van der Waals surface area contributed by atoms with E-state index in [1.165, 1.54) is 6.07 Å². The van der Waals surface area contributed by atoms with Gasteiger partial charge < -0.3 is 5.32 Å². The van der Waals surface area contributed by atoms with Crippen LogP contribution >= 0.6 is 11.3 Å². The molecule has 6 nitrogen and oxygen atoms in total. The topological polar surface area (TPSA) is 68.0 Å². The Morgan fingerprint density at radius 1 is 1.15 bits per heavy atom. The number of nitrogens with zero attached hydrogens (tertiary/aromatic N) is 5. The van der Waals surface area contributed by atoms with Crippen molar-refractivity contribution in [3.63, 3.8) is 0 Å². The lowest BCUT2D eigenvalue weighted by Crippen LogP contribution is -2.15. The first-order valence-electron chi connectivity index (χ1n) is 7.81. The zero-order valence-electron chi connectivity index (χ0n) is 13.5. The van der Waals surface area contributed by atoms with E-state index < -0.39 is 12.0 Å². The molecule has 0 spiro atoms. The molecule has 0 amide bonds. The third-order valence-electron chi connectivity index (χ3n) is 3.84. The summed E-state index contributed by atoms with van der Waals surface area (Å²) in [5, 5.41) is 14.6. The summed E-state index contributed by atoms with van der Waals surface area (Å²) in [5.74, 6) is -0.751. The summed E-state index contributed by atoms with van der Waals surface area (Å²) >= 11 is 1.60. The third kappa shape index (κ3) is 3.07. The van der Waals surface area contributed by atoms with Crippen LogP contribution in [0.4, 0.5) is 19.0 Å². The molecule has 0 aliphatic heterocycles. The molecule has 0 bridgehead atoms. The van der Waals surface area contributed by atoms with E-state index >= 15 is 0 Å². The summed E-state index contributed by atoms with van der Waals surface area (Å²) < 4.78 is 40.6. The molecule has 0 unspecified atom stereocenters. The molecule has 0 fully saturated rings. The highest BCUT2D eigenvalue weighted by Gasteiger charge is 2.37. The van der Waals surface area contributed by atoms with Crippen LogP contribution in [0.15, 0.2) is 36.4 Å². The standard InChI is InChI=1S/C16H13F3N6S/c1-9(14-21-10-4-2-3-5-11(10)26-14)8-20-12-6-7-13-22-23-15(16(17,18)19)25(13)24-12/h2-7,9H,8H2,1H3,(H,20,24)/t9-/m0/s1. The monoisotopic (exact) mass is 378 g/mol. The number of nitrogens with one attached hydrogen (secondary N) is 1. The summed E-state index contributed by atoms with van der Waals surface area (Å²) in [6.45, 7) is 2.49. The predicted molar refractivity (Wildman–Crippen MR) is 92.3 cm³/mol. The second kappa shape index (κ2) is 6.20. The van der Waals surface area contributed by atoms with Crippen molar-refractivity contribution >= 4 is 33.0 Å². The predicted octanol–water partition coefficient (Wildman–Crippen LogP) is 3.97. The van der Waals surface area contributed by atoms with Gasteiger partial charge in [0.1, 0.15) is 5.82 Å². The molecule has 26 heavy (non-hydrogen) atoms. The van der Waals surface area contributed by atoms with Crippen molar-refractivity contribution in [2.75, 3.05) is 11.9 Å². The van der Waals surface area contributed by atoms with Crippen molar-refractivity contribution in [1.29, 1.82) is 0 Å². The number of halogens is 3. The molecular formula is C16H13F3N6S. The number of rotatable bonds is 4. The van der Waals surface area contributed by atoms with Gasteiger partial charge >= 0.3 is 6.18 Å². The van der Waals surface area contributed by atoms with Gasteiger partial charge in [0.05, 0.1) is 15.2 Å². The zero-order valence-corrected chi connectivity index (χ0v) is 14.3. The molecule has 10 heteroatoms. The molecule has 0 saturated heterocycles. The van der Waals surface area contributed by atoms with Gasteiger partial charge in [-0.2, -0.15) is 17.7 Å². The second-order valence-electron chi connectivity index (χ2n) is 5.81. The molecule has 0 aliphatic carbocycles. The number of thiazole rings is 1. The van der Waals surface area contributed by atoms with Crippen LogP contribution in [-0.2, 0) is 6.18 Å². The van der Waals surface area contributed by atoms with E-state index in [1.54, 1.807) is 17.4 Å². The van der Waals surface area contributed by atoms with Crippen LogP contribution in [0.5, 0.6) is 0 Å². The van der Waals surface area contributed by atoms with Crippen molar-refractivity contribution in [2.45, 2.75) is 19.0 Å². The fourth-order valence-electron chi connectivity index (χ4n) is 2.51. The van der Waals surface area contributed by atoms with E-state index in [0.717, 1.165) is 15.2 Å². The van der Waals surface area contributed by atoms with Crippen LogP contribution in [0.25, 0.3) is 15.9 Å². The molecule has 3 heterocycles. The van der Waals surface area contributed by atoms with Gasteiger partial charge in [-0.1, -0.05) is 19.1 Å². The van der Waals surface area contributed by atoms with Crippen molar-refractivity contribution in [3.05, 3.63) is 47.2 Å². The molecule has 1 aromatic carbocycles. The third-order valence-corrected chi connectivity index (χ3v) is 5.11. The Kier molecular flexibility index (Phi) is 3.98. The van der Waals surface area contributed by atoms with E-state index in [4.69, 9.17) is 0 Å². The molecular weight excluding hydrogens is 365 g/mol. The molecule has 1 atom stereocenters. The number of aromatic nitrogens is 5. The van der Waals surface area contributed by atoms with Crippen molar-refractivity contribution in [3.8, 4) is 0 Å². The number of benzene rings is 1. The van der Waals surface area contributed by atoms with E-state index in [-0.39, 0.29) is 11.6 Å². The van der Waals surface area contributed by atoms with Gasteiger partial charge in [-0.3, -0.25) is 0 Å². The van der Waals surface area contributed by atoms with Gasteiger partial charge in [0.15, 0.2) is 5.65 Å². The Morgan fingerprint density at radius 3 is 2.73 bits per heavy atom. The normalized spacial score (nSPS) is 13.4. The highest BCUT2D eigenvalue weighted by molar-refractivity contribution is 7.18. The Labute approximate surface area is 149 Å². The summed E-state index contributed by atoms with van der Waals surface area (Å²) in [7, 11) is 0. The SMILES string of the molecule is C[C@@H](CNc1ccc2nnc(C(F)(F)F)n2n1)c1nc2ccccc2s1. The minimum Gasteiger partial charge on any atom is -0.368 e. The highest BCUT2D eigenvalue weighted by atomic mass is 32.1. The minimum atomic E-state index is -4.61. The maximum Gasteiger partial charge on any atom is 0.453 e. The van der Waals surface area contributed by atoms with Gasteiger partial charge in [0.2, 0.25) is 0 Å². The Hall–Kier alpha value is -2.75. The zero-order chi connectivity index (χ0) is 18.3. The highest BCUT2D eigenvalue weighted by Crippen LogP contribution is 2.29. The van der Waals surface area contributed by atoms with Crippen LogP contribution in [-0.4, -0.2) is 31.3 Å². The first-order valence-corrected chi connectivity index (χ1v) is 8.62. The molecule has 3 aromatic heterocycles. The molecule has 134 valence electrons. The van der Waals surface area contributed by atoms with Gasteiger partial charge in [0, 0.05) is 12.5 Å². The van der Waals surface area contributed by atoms with Gasteiger partial charge in [-0.25, -0.2) is 4.98 Å². The van der Waals surface area contributed by atoms with Crippen LogP contribution in [0.1, 0.15) is 23.7 Å². The molecule has 0 aliphatic rings. The lowest BCUT2D eigenvalue weighted by Gasteiger charge is -2.11. The van der Waals surface area contributed by atoms with E-state index in [9.17, 15) is 13.2 Å². The summed E-state index contributed by atoms with van der Waals surface area (Å²) in [5.41, 5.74) is 0.986. The number of fused-ring (bicyclic) bond motifs is 2. The van der Waals surface area contributed by atoms with Gasteiger partial charge in [-0.05, 0) is 24.3 Å². The molecule has 0 saturated carbocycles. The maximum atomic E-state index is 12.9. The van der Waals surface area contributed by atoms with E-state index in [1.807, 2.05) is 31.2 Å². The fraction of sp³-hybridized carbons (Fsp3) is 0.250. The van der Waals surface area contributed by atoms with Crippen molar-refractivity contribution < 1.29 is 13.2 Å². The maximum absolute atomic E-state index is 12.9.